The van der Waals surface area contributed by atoms with Gasteiger partial charge in [0.15, 0.2) is 0 Å². The summed E-state index contributed by atoms with van der Waals surface area (Å²) in [6, 6.07) is 28.5. The smallest absolute Gasteiger partial charge is 0.261 e. The topological polar surface area (TPSA) is 98.8 Å². The van der Waals surface area contributed by atoms with Crippen LogP contribution in [0.5, 0.6) is 0 Å². The first-order valence-corrected chi connectivity index (χ1v) is 12.1. The number of fused-ring (bicyclic) bond motifs is 2. The van der Waals surface area contributed by atoms with E-state index in [-0.39, 0.29) is 36.7 Å². The van der Waals surface area contributed by atoms with E-state index in [4.69, 9.17) is 0 Å². The van der Waals surface area contributed by atoms with Crippen LogP contribution in [0.4, 0.5) is 11.4 Å². The quantitative estimate of drug-likeness (QED) is 0.280. The van der Waals surface area contributed by atoms with Gasteiger partial charge < -0.3 is 10.9 Å². The largest absolute Gasteiger partial charge is 0.301 e. The number of hydrogen-bond acceptors (Lipinski definition) is 6. The summed E-state index contributed by atoms with van der Waals surface area (Å²) in [6.07, 6.45) is 0. The Morgan fingerprint density at radius 1 is 0.447 bits per heavy atom. The number of hydrogen-bond donors (Lipinski definition) is 2. The van der Waals surface area contributed by atoms with E-state index < -0.39 is 0 Å². The lowest BCUT2D eigenvalue weighted by Crippen LogP contribution is -2.29. The monoisotopic (exact) mass is 502 g/mol. The van der Waals surface area contributed by atoms with Crippen molar-refractivity contribution >= 4 is 35.0 Å². The third-order valence-electron chi connectivity index (χ3n) is 6.64. The SMILES string of the molecule is O=C1c2ccccc2C(=O)N1Cc1cccc(NNc2cccc(CN3C(=O)c4ccccc4C3=O)c2)c1. The molecule has 186 valence electrons. The highest BCUT2D eigenvalue weighted by Gasteiger charge is 2.36. The van der Waals surface area contributed by atoms with Crippen LogP contribution in [0.2, 0.25) is 0 Å². The fourth-order valence-corrected chi connectivity index (χ4v) is 4.77. The molecule has 2 aliphatic rings. The second-order valence-corrected chi connectivity index (χ2v) is 9.13. The zero-order valence-corrected chi connectivity index (χ0v) is 20.2. The van der Waals surface area contributed by atoms with E-state index >= 15 is 0 Å². The van der Waals surface area contributed by atoms with Crippen molar-refractivity contribution in [3.63, 3.8) is 0 Å². The molecule has 4 amide bonds. The van der Waals surface area contributed by atoms with Gasteiger partial charge in [0.2, 0.25) is 0 Å². The normalized spacial score (nSPS) is 14.1. The van der Waals surface area contributed by atoms with Gasteiger partial charge in [0.05, 0.1) is 46.7 Å². The van der Waals surface area contributed by atoms with Gasteiger partial charge in [-0.1, -0.05) is 48.5 Å². The Morgan fingerprint density at radius 2 is 0.789 bits per heavy atom. The molecule has 0 unspecified atom stereocenters. The third-order valence-corrected chi connectivity index (χ3v) is 6.64. The van der Waals surface area contributed by atoms with Gasteiger partial charge in [0.1, 0.15) is 0 Å². The Labute approximate surface area is 218 Å². The van der Waals surface area contributed by atoms with E-state index in [9.17, 15) is 19.2 Å². The van der Waals surface area contributed by atoms with Crippen LogP contribution < -0.4 is 10.9 Å². The number of imide groups is 2. The molecule has 4 aromatic carbocycles. The predicted octanol–water partition coefficient (Wildman–Crippen LogP) is 4.72. The van der Waals surface area contributed by atoms with Crippen molar-refractivity contribution in [2.45, 2.75) is 13.1 Å². The van der Waals surface area contributed by atoms with Crippen LogP contribution >= 0.6 is 0 Å². The van der Waals surface area contributed by atoms with Crippen molar-refractivity contribution in [2.75, 3.05) is 10.9 Å². The first-order chi connectivity index (χ1) is 18.5. The molecular formula is C30H22N4O4. The van der Waals surface area contributed by atoms with Crippen molar-refractivity contribution < 1.29 is 19.2 Å². The molecule has 0 aromatic heterocycles. The molecule has 0 radical (unpaired) electrons. The molecule has 2 heterocycles. The van der Waals surface area contributed by atoms with Gasteiger partial charge in [-0.15, -0.1) is 0 Å². The number of anilines is 2. The van der Waals surface area contributed by atoms with Crippen molar-refractivity contribution in [1.82, 2.24) is 9.80 Å². The molecule has 0 bridgehead atoms. The van der Waals surface area contributed by atoms with E-state index in [1.807, 2.05) is 48.5 Å². The van der Waals surface area contributed by atoms with E-state index in [0.717, 1.165) is 22.5 Å². The number of amides is 4. The summed E-state index contributed by atoms with van der Waals surface area (Å²) in [5, 5.41) is 0. The fraction of sp³-hybridized carbons (Fsp3) is 0.0667. The zero-order chi connectivity index (χ0) is 26.2. The Balaban J connectivity index is 1.11. The van der Waals surface area contributed by atoms with Crippen LogP contribution in [0.1, 0.15) is 52.6 Å². The van der Waals surface area contributed by atoms with Gasteiger partial charge >= 0.3 is 0 Å². The molecule has 8 heteroatoms. The average Bonchev–Trinajstić information content (AvgIpc) is 3.33. The molecule has 0 saturated heterocycles. The number of rotatable bonds is 7. The lowest BCUT2D eigenvalue weighted by molar-refractivity contribution is 0.0627. The van der Waals surface area contributed by atoms with Gasteiger partial charge in [0, 0.05) is 0 Å². The van der Waals surface area contributed by atoms with Crippen LogP contribution in [0.15, 0.2) is 97.1 Å². The lowest BCUT2D eigenvalue weighted by atomic mass is 10.1. The van der Waals surface area contributed by atoms with Crippen LogP contribution in [-0.2, 0) is 13.1 Å². The minimum atomic E-state index is -0.294. The number of carbonyl (C=O) groups excluding carboxylic acids is 4. The molecule has 2 N–H and O–H groups in total. The summed E-state index contributed by atoms with van der Waals surface area (Å²) < 4.78 is 0. The number of benzene rings is 4. The summed E-state index contributed by atoms with van der Waals surface area (Å²) in [7, 11) is 0. The highest BCUT2D eigenvalue weighted by molar-refractivity contribution is 6.22. The molecule has 4 aromatic rings. The number of nitrogens with zero attached hydrogens (tertiary/aromatic N) is 2. The molecule has 38 heavy (non-hydrogen) atoms. The second-order valence-electron chi connectivity index (χ2n) is 9.13. The van der Waals surface area contributed by atoms with Crippen LogP contribution in [0, 0.1) is 0 Å². The summed E-state index contributed by atoms with van der Waals surface area (Å²) in [6.45, 7) is 0.329. The zero-order valence-electron chi connectivity index (χ0n) is 20.2. The van der Waals surface area contributed by atoms with E-state index in [2.05, 4.69) is 10.9 Å². The molecule has 0 atom stereocenters. The van der Waals surface area contributed by atoms with Crippen LogP contribution in [0.3, 0.4) is 0 Å². The van der Waals surface area contributed by atoms with Gasteiger partial charge in [0.25, 0.3) is 23.6 Å². The van der Waals surface area contributed by atoms with Gasteiger partial charge in [-0.3, -0.25) is 29.0 Å². The molecule has 0 spiro atoms. The molecule has 6 rings (SSSR count). The maximum absolute atomic E-state index is 12.7. The average molecular weight is 503 g/mol. The minimum absolute atomic E-state index is 0.164. The highest BCUT2D eigenvalue weighted by Crippen LogP contribution is 2.26. The van der Waals surface area contributed by atoms with E-state index in [1.54, 1.807) is 48.5 Å². The minimum Gasteiger partial charge on any atom is -0.301 e. The Kier molecular flexibility index (Phi) is 5.69. The number of carbonyl (C=O) groups is 4. The summed E-state index contributed by atoms with van der Waals surface area (Å²) >= 11 is 0. The van der Waals surface area contributed by atoms with Gasteiger partial charge in [-0.2, -0.15) is 0 Å². The summed E-state index contributed by atoms with van der Waals surface area (Å²) in [5.74, 6) is -1.18. The standard InChI is InChI=1S/C30H22N4O4/c35-27-23-11-1-2-12-24(23)28(36)33(27)17-19-7-5-9-21(15-19)31-32-22-10-6-8-20(16-22)18-34-29(37)25-13-3-4-14-26(25)30(34)38/h1-16,31-32H,17-18H2. The number of hydrazine groups is 1. The molecular weight excluding hydrogens is 480 g/mol. The lowest BCUT2D eigenvalue weighted by Gasteiger charge is -2.17. The summed E-state index contributed by atoms with van der Waals surface area (Å²) in [5.41, 5.74) is 11.0. The molecule has 2 aliphatic heterocycles. The predicted molar refractivity (Wildman–Crippen MR) is 141 cm³/mol. The molecule has 0 fully saturated rings. The van der Waals surface area contributed by atoms with Gasteiger partial charge in [-0.25, -0.2) is 0 Å². The number of nitrogens with one attached hydrogen (secondary N) is 2. The third kappa shape index (κ3) is 4.08. The van der Waals surface area contributed by atoms with Crippen molar-refractivity contribution in [2.24, 2.45) is 0 Å². The van der Waals surface area contributed by atoms with E-state index in [0.29, 0.717) is 22.3 Å². The summed E-state index contributed by atoms with van der Waals surface area (Å²) in [4.78, 5) is 53.3. The van der Waals surface area contributed by atoms with E-state index in [1.165, 1.54) is 9.80 Å². The van der Waals surface area contributed by atoms with Crippen LogP contribution in [0.25, 0.3) is 0 Å². The maximum atomic E-state index is 12.7. The second kappa shape index (κ2) is 9.33. The first-order valence-electron chi connectivity index (χ1n) is 12.1. The Morgan fingerprint density at radius 3 is 1.13 bits per heavy atom. The molecule has 0 aliphatic carbocycles. The highest BCUT2D eigenvalue weighted by atomic mass is 16.2. The van der Waals surface area contributed by atoms with Crippen molar-refractivity contribution in [3.05, 3.63) is 130 Å². The van der Waals surface area contributed by atoms with Gasteiger partial charge in [-0.05, 0) is 59.7 Å². The Bertz CT molecular complexity index is 1440. The first kappa shape index (κ1) is 23.2. The Hall–Kier alpha value is -5.24. The van der Waals surface area contributed by atoms with Crippen molar-refractivity contribution in [1.29, 1.82) is 0 Å². The molecule has 8 nitrogen and oxygen atoms in total. The fourth-order valence-electron chi connectivity index (χ4n) is 4.77. The van der Waals surface area contributed by atoms with Crippen molar-refractivity contribution in [3.8, 4) is 0 Å². The maximum Gasteiger partial charge on any atom is 0.261 e. The molecule has 0 saturated carbocycles. The van der Waals surface area contributed by atoms with Crippen LogP contribution in [-0.4, -0.2) is 33.4 Å².